The second-order valence-electron chi connectivity index (χ2n) is 6.12. The first-order valence-corrected chi connectivity index (χ1v) is 9.00. The smallest absolute Gasteiger partial charge is 0.123 e. The molecule has 0 saturated carbocycles. The molecule has 0 N–H and O–H groups in total. The van der Waals surface area contributed by atoms with Crippen molar-refractivity contribution < 1.29 is 4.39 Å². The van der Waals surface area contributed by atoms with Gasteiger partial charge in [0.2, 0.25) is 0 Å². The van der Waals surface area contributed by atoms with Crippen LogP contribution < -0.4 is 5.01 Å². The predicted octanol–water partition coefficient (Wildman–Crippen LogP) is 6.49. The number of benzene rings is 3. The van der Waals surface area contributed by atoms with E-state index in [1.807, 2.05) is 29.3 Å². The van der Waals surface area contributed by atoms with Crippen LogP contribution in [0.3, 0.4) is 0 Å². The van der Waals surface area contributed by atoms with Gasteiger partial charge in [-0.05, 0) is 41.5 Å². The SMILES string of the molecule is Fc1ccc(C2=NN(c3cc(Cl)ccc3Cl)[C@H](c3ccccc3)C2)cc1. The zero-order chi connectivity index (χ0) is 18.1. The van der Waals surface area contributed by atoms with E-state index >= 15 is 0 Å². The molecule has 0 aliphatic carbocycles. The number of rotatable bonds is 3. The highest BCUT2D eigenvalue weighted by atomic mass is 35.5. The molecule has 1 atom stereocenters. The molecule has 0 saturated heterocycles. The van der Waals surface area contributed by atoms with Crippen molar-refractivity contribution >= 4 is 34.6 Å². The monoisotopic (exact) mass is 384 g/mol. The summed E-state index contributed by atoms with van der Waals surface area (Å²) in [4.78, 5) is 0. The van der Waals surface area contributed by atoms with Crippen molar-refractivity contribution in [2.24, 2.45) is 5.10 Å². The van der Waals surface area contributed by atoms with Crippen LogP contribution >= 0.6 is 23.2 Å². The van der Waals surface area contributed by atoms with Gasteiger partial charge in [0, 0.05) is 11.4 Å². The van der Waals surface area contributed by atoms with Gasteiger partial charge >= 0.3 is 0 Å². The lowest BCUT2D eigenvalue weighted by Gasteiger charge is -2.25. The third-order valence-electron chi connectivity index (χ3n) is 4.43. The fourth-order valence-electron chi connectivity index (χ4n) is 3.15. The molecule has 0 aromatic heterocycles. The van der Waals surface area contributed by atoms with E-state index in [1.54, 1.807) is 24.3 Å². The van der Waals surface area contributed by atoms with Crippen LogP contribution in [0.4, 0.5) is 10.1 Å². The van der Waals surface area contributed by atoms with Gasteiger partial charge in [-0.15, -0.1) is 0 Å². The van der Waals surface area contributed by atoms with Gasteiger partial charge in [0.1, 0.15) is 5.82 Å². The van der Waals surface area contributed by atoms with Gasteiger partial charge in [-0.2, -0.15) is 5.10 Å². The van der Waals surface area contributed by atoms with Gasteiger partial charge in [0.15, 0.2) is 0 Å². The van der Waals surface area contributed by atoms with E-state index in [9.17, 15) is 4.39 Å². The zero-order valence-electron chi connectivity index (χ0n) is 13.7. The number of hydrogen-bond acceptors (Lipinski definition) is 2. The molecule has 0 fully saturated rings. The Labute approximate surface area is 161 Å². The highest BCUT2D eigenvalue weighted by molar-refractivity contribution is 6.35. The zero-order valence-corrected chi connectivity index (χ0v) is 15.3. The topological polar surface area (TPSA) is 15.6 Å². The molecule has 4 rings (SSSR count). The Kier molecular flexibility index (Phi) is 4.66. The first-order chi connectivity index (χ1) is 12.6. The van der Waals surface area contributed by atoms with E-state index in [4.69, 9.17) is 28.3 Å². The molecule has 0 radical (unpaired) electrons. The van der Waals surface area contributed by atoms with E-state index in [1.165, 1.54) is 12.1 Å². The van der Waals surface area contributed by atoms with Gasteiger partial charge < -0.3 is 0 Å². The van der Waals surface area contributed by atoms with Crippen molar-refractivity contribution in [3.8, 4) is 0 Å². The van der Waals surface area contributed by atoms with Crippen LogP contribution in [0, 0.1) is 5.82 Å². The lowest BCUT2D eigenvalue weighted by molar-refractivity contribution is 0.627. The second-order valence-corrected chi connectivity index (χ2v) is 6.97. The van der Waals surface area contributed by atoms with Crippen LogP contribution in [0.5, 0.6) is 0 Å². The molecule has 0 bridgehead atoms. The summed E-state index contributed by atoms with van der Waals surface area (Å²) >= 11 is 12.6. The molecule has 0 amide bonds. The molecule has 0 spiro atoms. The maximum absolute atomic E-state index is 13.3. The number of halogens is 3. The van der Waals surface area contributed by atoms with E-state index in [0.29, 0.717) is 16.5 Å². The molecule has 26 heavy (non-hydrogen) atoms. The van der Waals surface area contributed by atoms with E-state index in [0.717, 1.165) is 22.5 Å². The minimum Gasteiger partial charge on any atom is -0.256 e. The number of hydrazone groups is 1. The van der Waals surface area contributed by atoms with Crippen LogP contribution in [0.25, 0.3) is 0 Å². The highest BCUT2D eigenvalue weighted by Gasteiger charge is 2.31. The Bertz CT molecular complexity index is 956. The van der Waals surface area contributed by atoms with Crippen LogP contribution in [0.1, 0.15) is 23.6 Å². The maximum Gasteiger partial charge on any atom is 0.123 e. The van der Waals surface area contributed by atoms with E-state index in [-0.39, 0.29) is 11.9 Å². The summed E-state index contributed by atoms with van der Waals surface area (Å²) < 4.78 is 13.3. The fourth-order valence-corrected chi connectivity index (χ4v) is 3.52. The summed E-state index contributed by atoms with van der Waals surface area (Å²) in [6.45, 7) is 0. The molecular weight excluding hydrogens is 370 g/mol. The number of nitrogens with zero attached hydrogens (tertiary/aromatic N) is 2. The Morgan fingerprint density at radius 2 is 1.65 bits per heavy atom. The first kappa shape index (κ1) is 17.1. The molecule has 0 unspecified atom stereocenters. The van der Waals surface area contributed by atoms with E-state index in [2.05, 4.69) is 12.1 Å². The number of anilines is 1. The van der Waals surface area contributed by atoms with Gasteiger partial charge in [-0.25, -0.2) is 4.39 Å². The average molecular weight is 385 g/mol. The molecule has 130 valence electrons. The Morgan fingerprint density at radius 3 is 2.38 bits per heavy atom. The van der Waals surface area contributed by atoms with E-state index < -0.39 is 0 Å². The van der Waals surface area contributed by atoms with Crippen molar-refractivity contribution in [2.75, 3.05) is 5.01 Å². The minimum absolute atomic E-state index is 0.00720. The van der Waals surface area contributed by atoms with Crippen molar-refractivity contribution in [3.63, 3.8) is 0 Å². The number of hydrogen-bond donors (Lipinski definition) is 0. The van der Waals surface area contributed by atoms with Crippen LogP contribution in [-0.2, 0) is 0 Å². The van der Waals surface area contributed by atoms with Gasteiger partial charge in [-0.3, -0.25) is 5.01 Å². The normalized spacial score (nSPS) is 16.7. The van der Waals surface area contributed by atoms with Crippen molar-refractivity contribution in [1.82, 2.24) is 0 Å². The van der Waals surface area contributed by atoms with Crippen molar-refractivity contribution in [2.45, 2.75) is 12.5 Å². The van der Waals surface area contributed by atoms with Crippen LogP contribution in [-0.4, -0.2) is 5.71 Å². The molecule has 2 nitrogen and oxygen atoms in total. The maximum atomic E-state index is 13.3. The Hall–Kier alpha value is -2.36. The first-order valence-electron chi connectivity index (χ1n) is 8.24. The molecule has 1 heterocycles. The van der Waals surface area contributed by atoms with Crippen LogP contribution in [0.15, 0.2) is 77.9 Å². The fraction of sp³-hybridized carbons (Fsp3) is 0.0952. The predicted molar refractivity (Wildman–Crippen MR) is 106 cm³/mol. The molecular formula is C21H15Cl2FN2. The van der Waals surface area contributed by atoms with Gasteiger partial charge in [-0.1, -0.05) is 65.7 Å². The second kappa shape index (κ2) is 7.10. The van der Waals surface area contributed by atoms with Crippen molar-refractivity contribution in [1.29, 1.82) is 0 Å². The molecule has 1 aliphatic rings. The summed E-state index contributed by atoms with van der Waals surface area (Å²) in [5.74, 6) is -0.262. The Balaban J connectivity index is 1.79. The highest BCUT2D eigenvalue weighted by Crippen LogP contribution is 2.40. The molecule has 5 heteroatoms. The van der Waals surface area contributed by atoms with Crippen LogP contribution in [0.2, 0.25) is 10.0 Å². The average Bonchev–Trinajstić information content (AvgIpc) is 3.10. The summed E-state index contributed by atoms with van der Waals surface area (Å²) in [7, 11) is 0. The minimum atomic E-state index is -0.262. The summed E-state index contributed by atoms with van der Waals surface area (Å²) in [5, 5.41) is 7.89. The lowest BCUT2D eigenvalue weighted by atomic mass is 9.98. The summed E-state index contributed by atoms with van der Waals surface area (Å²) in [6, 6.07) is 21.9. The molecule has 1 aliphatic heterocycles. The largest absolute Gasteiger partial charge is 0.256 e. The van der Waals surface area contributed by atoms with Gasteiger partial charge in [0.05, 0.1) is 22.5 Å². The lowest BCUT2D eigenvalue weighted by Crippen LogP contribution is -2.18. The Morgan fingerprint density at radius 1 is 0.923 bits per heavy atom. The van der Waals surface area contributed by atoms with Crippen molar-refractivity contribution in [3.05, 3.63) is 99.8 Å². The molecule has 3 aromatic rings. The molecule has 3 aromatic carbocycles. The quantitative estimate of drug-likeness (QED) is 0.503. The van der Waals surface area contributed by atoms with Gasteiger partial charge in [0.25, 0.3) is 0 Å². The standard InChI is InChI=1S/C21H15Cl2FN2/c22-16-8-11-18(23)21(12-16)26-20(15-4-2-1-3-5-15)13-19(25-26)14-6-9-17(24)10-7-14/h1-12,20H,13H2/t20-/m0/s1. The third kappa shape index (κ3) is 3.33. The summed E-state index contributed by atoms with van der Waals surface area (Å²) in [6.07, 6.45) is 0.693. The third-order valence-corrected chi connectivity index (χ3v) is 4.98. The summed E-state index contributed by atoms with van der Waals surface area (Å²) in [5.41, 5.74) is 3.66.